The van der Waals surface area contributed by atoms with Gasteiger partial charge in [-0.1, -0.05) is 0 Å². The quantitative estimate of drug-likeness (QED) is 0.564. The van der Waals surface area contributed by atoms with Crippen LogP contribution in [-0.4, -0.2) is 9.78 Å². The second-order valence-corrected chi connectivity index (χ2v) is 1.51. The van der Waals surface area contributed by atoms with Gasteiger partial charge in [0.1, 0.15) is 0 Å². The smallest absolute Gasteiger partial charge is 0.153 e. The second-order valence-electron chi connectivity index (χ2n) is 1.51. The van der Waals surface area contributed by atoms with Gasteiger partial charge in [0.25, 0.3) is 0 Å². The predicted octanol–water partition coefficient (Wildman–Crippen LogP) is 0.285. The van der Waals surface area contributed by atoms with Crippen LogP contribution < -0.4 is 5.73 Å². The van der Waals surface area contributed by atoms with Crippen LogP contribution in [0.15, 0.2) is 6.20 Å². The highest BCUT2D eigenvalue weighted by atomic mass is 15.3. The van der Waals surface area contributed by atoms with E-state index in [2.05, 4.69) is 11.2 Å². The molecule has 1 heterocycles. The van der Waals surface area contributed by atoms with Crippen molar-refractivity contribution in [1.29, 1.82) is 0 Å². The molecule has 0 aliphatic heterocycles. The van der Waals surface area contributed by atoms with E-state index in [4.69, 9.17) is 5.73 Å². The molecule has 0 aliphatic rings. The highest BCUT2D eigenvalue weighted by Gasteiger charge is 1.87. The van der Waals surface area contributed by atoms with Crippen LogP contribution in [0.3, 0.4) is 0 Å². The van der Waals surface area contributed by atoms with E-state index in [1.54, 1.807) is 10.9 Å². The average Bonchev–Trinajstić information content (AvgIpc) is 2.14. The first-order chi connectivity index (χ1) is 3.83. The molecule has 3 nitrogen and oxygen atoms in total. The van der Waals surface area contributed by atoms with E-state index in [1.165, 1.54) is 0 Å². The Labute approximate surface area is 48.1 Å². The van der Waals surface area contributed by atoms with Gasteiger partial charge in [0.05, 0.1) is 0 Å². The molecule has 8 heavy (non-hydrogen) atoms. The molecule has 2 N–H and O–H groups in total. The molecule has 0 bridgehead atoms. The average molecular weight is 110 g/mol. The molecule has 0 saturated carbocycles. The Kier molecular flexibility index (Phi) is 1.20. The normalized spacial score (nSPS) is 9.62. The van der Waals surface area contributed by atoms with Crippen molar-refractivity contribution < 1.29 is 0 Å². The summed E-state index contributed by atoms with van der Waals surface area (Å²) in [7, 11) is 0. The van der Waals surface area contributed by atoms with Gasteiger partial charge in [-0.05, 0) is 6.92 Å². The molecule has 0 aliphatic carbocycles. The summed E-state index contributed by atoms with van der Waals surface area (Å²) in [5.74, 6) is 0.465. The van der Waals surface area contributed by atoms with E-state index in [1.807, 2.05) is 6.92 Å². The largest absolute Gasteiger partial charge is 0.382 e. The first kappa shape index (κ1) is 5.15. The van der Waals surface area contributed by atoms with Crippen LogP contribution in [0, 0.1) is 6.07 Å². The summed E-state index contributed by atoms with van der Waals surface area (Å²) >= 11 is 0. The molecule has 1 aromatic heterocycles. The number of nitrogens with two attached hydrogens (primary N) is 1. The third kappa shape index (κ3) is 0.804. The number of aromatic nitrogens is 2. The number of nitrogens with zero attached hydrogens (tertiary/aromatic N) is 2. The molecule has 43 valence electrons. The molecule has 0 fully saturated rings. The molecule has 0 aromatic carbocycles. The molecule has 0 saturated heterocycles. The number of aryl methyl sites for hydroxylation is 1. The fourth-order valence-electron chi connectivity index (χ4n) is 0.499. The van der Waals surface area contributed by atoms with Crippen LogP contribution in [0.5, 0.6) is 0 Å². The molecular weight excluding hydrogens is 102 g/mol. The maximum atomic E-state index is 5.27. The molecule has 0 spiro atoms. The highest BCUT2D eigenvalue weighted by molar-refractivity contribution is 5.21. The summed E-state index contributed by atoms with van der Waals surface area (Å²) in [6.45, 7) is 2.86. The summed E-state index contributed by atoms with van der Waals surface area (Å²) < 4.78 is 1.73. The van der Waals surface area contributed by atoms with Crippen molar-refractivity contribution in [2.45, 2.75) is 13.5 Å². The molecule has 1 radical (unpaired) electrons. The van der Waals surface area contributed by atoms with Crippen molar-refractivity contribution in [3.8, 4) is 0 Å². The van der Waals surface area contributed by atoms with Crippen LogP contribution in [-0.2, 0) is 6.54 Å². The Bertz CT molecular complexity index is 168. The van der Waals surface area contributed by atoms with Crippen molar-refractivity contribution in [1.82, 2.24) is 9.78 Å². The summed E-state index contributed by atoms with van der Waals surface area (Å²) in [4.78, 5) is 0. The molecule has 1 aromatic rings. The molecular formula is C5H8N3. The van der Waals surface area contributed by atoms with E-state index in [0.29, 0.717) is 5.82 Å². The first-order valence-electron chi connectivity index (χ1n) is 2.53. The summed E-state index contributed by atoms with van der Waals surface area (Å²) in [5.41, 5.74) is 5.27. The monoisotopic (exact) mass is 110 g/mol. The Morgan fingerprint density at radius 3 is 3.00 bits per heavy atom. The van der Waals surface area contributed by atoms with E-state index in [9.17, 15) is 0 Å². The molecule has 0 atom stereocenters. The van der Waals surface area contributed by atoms with Crippen molar-refractivity contribution in [2.75, 3.05) is 5.73 Å². The summed E-state index contributed by atoms with van der Waals surface area (Å²) in [5, 5.41) is 3.87. The van der Waals surface area contributed by atoms with E-state index in [-0.39, 0.29) is 0 Å². The van der Waals surface area contributed by atoms with Crippen molar-refractivity contribution in [3.63, 3.8) is 0 Å². The van der Waals surface area contributed by atoms with Crippen molar-refractivity contribution >= 4 is 5.82 Å². The predicted molar refractivity (Wildman–Crippen MR) is 31.1 cm³/mol. The maximum Gasteiger partial charge on any atom is 0.153 e. The van der Waals surface area contributed by atoms with E-state index >= 15 is 0 Å². The van der Waals surface area contributed by atoms with Crippen LogP contribution in [0.2, 0.25) is 0 Å². The molecule has 3 heteroatoms. The fourth-order valence-corrected chi connectivity index (χ4v) is 0.499. The van der Waals surface area contributed by atoms with Crippen molar-refractivity contribution in [2.24, 2.45) is 0 Å². The number of nitrogen functional groups attached to an aromatic ring is 1. The van der Waals surface area contributed by atoms with Crippen LogP contribution in [0.1, 0.15) is 6.92 Å². The van der Waals surface area contributed by atoms with Crippen LogP contribution in [0.4, 0.5) is 5.82 Å². The Hall–Kier alpha value is -0.990. The minimum atomic E-state index is 0.465. The van der Waals surface area contributed by atoms with Gasteiger partial charge >= 0.3 is 0 Å². The standard InChI is InChI=1S/C5H8N3/c1-2-8-4-3-5(6)7-8/h4H,2H2,1H3,(H2,6,7). The lowest BCUT2D eigenvalue weighted by Crippen LogP contribution is -1.95. The zero-order valence-electron chi connectivity index (χ0n) is 4.76. The number of hydrogen-bond acceptors (Lipinski definition) is 2. The van der Waals surface area contributed by atoms with Gasteiger partial charge in [0, 0.05) is 18.8 Å². The van der Waals surface area contributed by atoms with Gasteiger partial charge in [-0.3, -0.25) is 4.68 Å². The Morgan fingerprint density at radius 1 is 2.00 bits per heavy atom. The first-order valence-corrected chi connectivity index (χ1v) is 2.53. The SMILES string of the molecule is CCn1c[c]c(N)n1. The third-order valence-corrected chi connectivity index (χ3v) is 0.922. The van der Waals surface area contributed by atoms with Crippen molar-refractivity contribution in [3.05, 3.63) is 12.3 Å². The van der Waals surface area contributed by atoms with Gasteiger partial charge in [0.2, 0.25) is 0 Å². The molecule has 0 amide bonds. The minimum Gasteiger partial charge on any atom is -0.382 e. The number of rotatable bonds is 1. The van der Waals surface area contributed by atoms with Gasteiger partial charge in [-0.15, -0.1) is 0 Å². The number of hydrogen-bond donors (Lipinski definition) is 1. The van der Waals surface area contributed by atoms with Crippen LogP contribution in [0.25, 0.3) is 0 Å². The van der Waals surface area contributed by atoms with Gasteiger partial charge in [-0.25, -0.2) is 0 Å². The Morgan fingerprint density at radius 2 is 2.75 bits per heavy atom. The third-order valence-electron chi connectivity index (χ3n) is 0.922. The summed E-state index contributed by atoms with van der Waals surface area (Å²) in [6, 6.07) is 2.75. The lowest BCUT2D eigenvalue weighted by atomic mass is 10.7. The molecule has 0 unspecified atom stereocenters. The zero-order valence-corrected chi connectivity index (χ0v) is 4.76. The second kappa shape index (κ2) is 1.86. The van der Waals surface area contributed by atoms with Gasteiger partial charge in [0.15, 0.2) is 5.82 Å². The summed E-state index contributed by atoms with van der Waals surface area (Å²) in [6.07, 6.45) is 1.73. The zero-order chi connectivity index (χ0) is 5.98. The van der Waals surface area contributed by atoms with Gasteiger partial charge < -0.3 is 5.73 Å². The number of anilines is 1. The lowest BCUT2D eigenvalue weighted by molar-refractivity contribution is 0.663. The van der Waals surface area contributed by atoms with E-state index in [0.717, 1.165) is 6.54 Å². The van der Waals surface area contributed by atoms with Gasteiger partial charge in [-0.2, -0.15) is 5.10 Å². The lowest BCUT2D eigenvalue weighted by Gasteiger charge is -1.88. The minimum absolute atomic E-state index is 0.465. The fraction of sp³-hybridized carbons (Fsp3) is 0.400. The topological polar surface area (TPSA) is 43.8 Å². The maximum absolute atomic E-state index is 5.27. The van der Waals surface area contributed by atoms with Crippen LogP contribution >= 0.6 is 0 Å². The highest BCUT2D eigenvalue weighted by Crippen LogP contribution is 1.92. The Balaban J connectivity index is 2.84. The molecule has 1 rings (SSSR count). The van der Waals surface area contributed by atoms with E-state index < -0.39 is 0 Å².